The van der Waals surface area contributed by atoms with Gasteiger partial charge < -0.3 is 14.6 Å². The summed E-state index contributed by atoms with van der Waals surface area (Å²) in [5.41, 5.74) is 0.630. The van der Waals surface area contributed by atoms with Gasteiger partial charge in [0.1, 0.15) is 10.9 Å². The Labute approximate surface area is 173 Å². The van der Waals surface area contributed by atoms with Crippen LogP contribution in [0.15, 0.2) is 17.0 Å². The van der Waals surface area contributed by atoms with Crippen LogP contribution < -0.4 is 4.74 Å². The van der Waals surface area contributed by atoms with E-state index in [0.29, 0.717) is 38.0 Å². The highest BCUT2D eigenvalue weighted by molar-refractivity contribution is 7.89. The fourth-order valence-electron chi connectivity index (χ4n) is 3.23. The first kappa shape index (κ1) is 23.6. The number of carbonyl (C=O) groups excluding carboxylic acids is 1. The molecule has 8 nitrogen and oxygen atoms in total. The summed E-state index contributed by atoms with van der Waals surface area (Å²) in [6.07, 6.45) is 3.48. The van der Waals surface area contributed by atoms with E-state index in [1.807, 2.05) is 6.92 Å². The number of pyridine rings is 1. The number of hydrogen-bond donors (Lipinski definition) is 1. The normalized spacial score (nSPS) is 18.6. The van der Waals surface area contributed by atoms with E-state index in [0.717, 1.165) is 12.8 Å². The summed E-state index contributed by atoms with van der Waals surface area (Å²) in [7, 11) is -3.98. The smallest absolute Gasteiger partial charge is 0.324 e. The maximum absolute atomic E-state index is 13.4. The first-order valence-electron chi connectivity index (χ1n) is 10.2. The Balaban J connectivity index is 2.26. The molecule has 0 amide bonds. The molecule has 2 rings (SSSR count). The van der Waals surface area contributed by atoms with Crippen LogP contribution in [-0.4, -0.2) is 60.7 Å². The second-order valence-corrected chi connectivity index (χ2v) is 9.20. The Bertz CT molecular complexity index is 783. The quantitative estimate of drug-likeness (QED) is 0.426. The van der Waals surface area contributed by atoms with Crippen LogP contribution >= 0.6 is 0 Å². The number of sulfonamides is 1. The number of aromatic nitrogens is 1. The molecule has 1 aromatic heterocycles. The highest BCUT2D eigenvalue weighted by Crippen LogP contribution is 2.32. The Hall–Kier alpha value is -1.71. The molecule has 0 bridgehead atoms. The summed E-state index contributed by atoms with van der Waals surface area (Å²) in [5.74, 6) is -0.473. The highest BCUT2D eigenvalue weighted by Gasteiger charge is 2.42. The molecule has 0 unspecified atom stereocenters. The lowest BCUT2D eigenvalue weighted by Crippen LogP contribution is -2.41. The van der Waals surface area contributed by atoms with Crippen molar-refractivity contribution in [3.8, 4) is 5.88 Å². The number of hydrogen-bond acceptors (Lipinski definition) is 7. The fraction of sp³-hybridized carbons (Fsp3) is 0.700. The van der Waals surface area contributed by atoms with Crippen LogP contribution in [0.1, 0.15) is 58.1 Å². The van der Waals surface area contributed by atoms with E-state index in [-0.39, 0.29) is 30.0 Å². The third-order valence-corrected chi connectivity index (χ3v) is 6.77. The van der Waals surface area contributed by atoms with E-state index < -0.39 is 22.0 Å². The molecule has 0 radical (unpaired) electrons. The van der Waals surface area contributed by atoms with Gasteiger partial charge in [-0.15, -0.1) is 0 Å². The largest absolute Gasteiger partial charge is 0.474 e. The Morgan fingerprint density at radius 3 is 2.83 bits per heavy atom. The highest BCUT2D eigenvalue weighted by atomic mass is 32.2. The van der Waals surface area contributed by atoms with Crippen molar-refractivity contribution in [3.05, 3.63) is 17.8 Å². The van der Waals surface area contributed by atoms with Gasteiger partial charge in [-0.05, 0) is 58.1 Å². The molecule has 0 aromatic carbocycles. The maximum Gasteiger partial charge on any atom is 0.324 e. The minimum atomic E-state index is -3.98. The van der Waals surface area contributed by atoms with Crippen LogP contribution in [0, 0.1) is 6.92 Å². The van der Waals surface area contributed by atoms with Crippen molar-refractivity contribution >= 4 is 16.0 Å². The van der Waals surface area contributed by atoms with E-state index in [4.69, 9.17) is 14.6 Å². The van der Waals surface area contributed by atoms with E-state index in [1.54, 1.807) is 19.9 Å². The molecule has 0 spiro atoms. The number of esters is 1. The first-order chi connectivity index (χ1) is 13.8. The van der Waals surface area contributed by atoms with Crippen molar-refractivity contribution in [2.75, 3.05) is 19.8 Å². The zero-order valence-electron chi connectivity index (χ0n) is 17.5. The minimum Gasteiger partial charge on any atom is -0.474 e. The fourth-order valence-corrected chi connectivity index (χ4v) is 4.94. The molecule has 1 saturated heterocycles. The monoisotopic (exact) mass is 428 g/mol. The molecule has 1 N–H and O–H groups in total. The molecule has 1 aromatic rings. The molecule has 9 heteroatoms. The molecule has 1 aliphatic rings. The van der Waals surface area contributed by atoms with Crippen LogP contribution in [0.5, 0.6) is 5.88 Å². The molecule has 2 heterocycles. The Morgan fingerprint density at radius 2 is 2.14 bits per heavy atom. The molecule has 0 aliphatic carbocycles. The van der Waals surface area contributed by atoms with Gasteiger partial charge in [0.2, 0.25) is 15.9 Å². The van der Waals surface area contributed by atoms with Crippen molar-refractivity contribution in [2.45, 2.75) is 76.3 Å². The molecule has 1 aliphatic heterocycles. The second-order valence-electron chi connectivity index (χ2n) is 7.35. The zero-order chi connectivity index (χ0) is 21.4. The van der Waals surface area contributed by atoms with Crippen molar-refractivity contribution in [2.24, 2.45) is 0 Å². The average molecular weight is 429 g/mol. The van der Waals surface area contributed by atoms with Crippen LogP contribution in [0.3, 0.4) is 0 Å². The third kappa shape index (κ3) is 6.13. The number of aryl methyl sites for hydroxylation is 1. The van der Waals surface area contributed by atoms with Crippen LogP contribution in [0.4, 0.5) is 0 Å². The van der Waals surface area contributed by atoms with Gasteiger partial charge in [0.05, 0.1) is 12.7 Å². The molecule has 1 fully saturated rings. The van der Waals surface area contributed by atoms with Gasteiger partial charge in [0, 0.05) is 18.8 Å². The van der Waals surface area contributed by atoms with Crippen molar-refractivity contribution in [3.63, 3.8) is 0 Å². The zero-order valence-corrected chi connectivity index (χ0v) is 18.3. The number of nitrogens with zero attached hydrogens (tertiary/aromatic N) is 2. The van der Waals surface area contributed by atoms with Gasteiger partial charge in [0.15, 0.2) is 0 Å². The van der Waals surface area contributed by atoms with Crippen LogP contribution in [0.25, 0.3) is 0 Å². The Kier molecular flexibility index (Phi) is 8.85. The lowest BCUT2D eigenvalue weighted by molar-refractivity contribution is -0.147. The summed E-state index contributed by atoms with van der Waals surface area (Å²) in [4.78, 5) is 16.7. The number of carbonyl (C=O) groups is 1. The molecule has 29 heavy (non-hydrogen) atoms. The summed E-state index contributed by atoms with van der Waals surface area (Å²) in [6.45, 7) is 6.14. The number of rotatable bonds is 11. The minimum absolute atomic E-state index is 0.0282. The Morgan fingerprint density at radius 1 is 1.38 bits per heavy atom. The molecular weight excluding hydrogens is 396 g/mol. The van der Waals surface area contributed by atoms with Crippen molar-refractivity contribution in [1.82, 2.24) is 9.29 Å². The van der Waals surface area contributed by atoms with Crippen LogP contribution in [0.2, 0.25) is 0 Å². The predicted octanol–water partition coefficient (Wildman–Crippen LogP) is 2.43. The standard InChI is InChI=1S/C20H32N2O6S/c1-4-5-14-27-20(24)17-9-6-12-22(17)29(25,26)18-11-10-15(2)21-19(18)28-16(3)8-7-13-23/h10-11,16-17,23H,4-9,12-14H2,1-3H3/t16-,17-/m0/s1. The topological polar surface area (TPSA) is 106 Å². The number of ether oxygens (including phenoxy) is 2. The molecule has 164 valence electrons. The lowest BCUT2D eigenvalue weighted by atomic mass is 10.2. The van der Waals surface area contributed by atoms with Crippen molar-refractivity contribution < 1.29 is 27.8 Å². The summed E-state index contributed by atoms with van der Waals surface area (Å²) in [5, 5.41) is 8.99. The number of unbranched alkanes of at least 4 members (excludes halogenated alkanes) is 1. The maximum atomic E-state index is 13.4. The van der Waals surface area contributed by atoms with E-state index in [1.165, 1.54) is 10.4 Å². The summed E-state index contributed by atoms with van der Waals surface area (Å²) in [6, 6.07) is 2.27. The second kappa shape index (κ2) is 10.9. The van der Waals surface area contributed by atoms with Gasteiger partial charge in [-0.3, -0.25) is 4.79 Å². The van der Waals surface area contributed by atoms with Gasteiger partial charge in [-0.25, -0.2) is 13.4 Å². The first-order valence-corrected chi connectivity index (χ1v) is 11.7. The van der Waals surface area contributed by atoms with E-state index in [2.05, 4.69) is 4.98 Å². The van der Waals surface area contributed by atoms with Gasteiger partial charge in [0.25, 0.3) is 0 Å². The summed E-state index contributed by atoms with van der Waals surface area (Å²) >= 11 is 0. The average Bonchev–Trinajstić information content (AvgIpc) is 3.17. The molecular formula is C20H32N2O6S. The lowest BCUT2D eigenvalue weighted by Gasteiger charge is -2.24. The predicted molar refractivity (Wildman–Crippen MR) is 108 cm³/mol. The van der Waals surface area contributed by atoms with Crippen LogP contribution in [-0.2, 0) is 19.6 Å². The number of aliphatic hydroxyl groups excluding tert-OH is 1. The van der Waals surface area contributed by atoms with Gasteiger partial charge in [-0.1, -0.05) is 13.3 Å². The summed E-state index contributed by atoms with van der Waals surface area (Å²) < 4.78 is 39.0. The molecule has 0 saturated carbocycles. The van der Waals surface area contributed by atoms with Gasteiger partial charge >= 0.3 is 5.97 Å². The third-order valence-electron chi connectivity index (χ3n) is 4.85. The SMILES string of the molecule is CCCCOC(=O)[C@@H]1CCCN1S(=O)(=O)c1ccc(C)nc1O[C@@H](C)CCCO. The van der Waals surface area contributed by atoms with Gasteiger partial charge in [-0.2, -0.15) is 4.31 Å². The van der Waals surface area contributed by atoms with Crippen molar-refractivity contribution in [1.29, 1.82) is 0 Å². The van der Waals surface area contributed by atoms with E-state index >= 15 is 0 Å². The number of aliphatic hydroxyl groups is 1. The molecule has 2 atom stereocenters. The van der Waals surface area contributed by atoms with E-state index in [9.17, 15) is 13.2 Å².